The van der Waals surface area contributed by atoms with E-state index in [1.54, 1.807) is 6.08 Å². The molecule has 0 bridgehead atoms. The summed E-state index contributed by atoms with van der Waals surface area (Å²) in [6.07, 6.45) is 25.3. The number of unbranched alkanes of at least 4 members (excludes halogenated alkanes) is 11. The number of anilines is 1. The molecule has 0 amide bonds. The number of allylic oxidation sites excluding steroid dienone is 6. The molecule has 0 aromatic carbocycles. The van der Waals surface area contributed by atoms with E-state index in [-0.39, 0.29) is 18.7 Å². The maximum atomic E-state index is 12.8. The van der Waals surface area contributed by atoms with Gasteiger partial charge in [0.1, 0.15) is 30.7 Å². The summed E-state index contributed by atoms with van der Waals surface area (Å²) < 4.78 is 56.6. The van der Waals surface area contributed by atoms with Gasteiger partial charge in [-0.1, -0.05) is 140 Å². The third-order valence-corrected chi connectivity index (χ3v) is 13.6. The van der Waals surface area contributed by atoms with Gasteiger partial charge >= 0.3 is 33.3 Å². The van der Waals surface area contributed by atoms with Gasteiger partial charge in [0.15, 0.2) is 12.3 Å². The van der Waals surface area contributed by atoms with Crippen LogP contribution in [0.4, 0.5) is 5.82 Å². The quantitative estimate of drug-likeness (QED) is 0.0120. The molecular formula is C47H79N3O16P2. The number of hydrogen-bond acceptors (Lipinski definition) is 16. The van der Waals surface area contributed by atoms with Gasteiger partial charge in [0.25, 0.3) is 0 Å². The van der Waals surface area contributed by atoms with Crippen LogP contribution in [0.1, 0.15) is 155 Å². The number of hydrogen-bond donors (Lipinski definition) is 6. The summed E-state index contributed by atoms with van der Waals surface area (Å²) >= 11 is 0. The molecule has 9 atom stereocenters. The number of nitrogens with zero attached hydrogens (tertiary/aromatic N) is 2. The highest BCUT2D eigenvalue weighted by Gasteiger charge is 2.46. The SMILES string of the molecule is CCCCC/C=C\C=C/[C@@H](O)C/C=C\C/C=C/CCCC(=O)OC[C@H](COP(=O)(O)OP(=O)(O)OC[C@H]1O[C@@H](n2ccc(N)nc2=O)[C@H](O)[C@@H]1O)OC(=O)CCCCCCCCCCC(C)CC. The number of esters is 2. The van der Waals surface area contributed by atoms with Gasteiger partial charge in [-0.15, -0.1) is 0 Å². The lowest BCUT2D eigenvalue weighted by atomic mass is 9.99. The first kappa shape index (κ1) is 60.8. The zero-order chi connectivity index (χ0) is 50.2. The molecule has 0 spiro atoms. The average Bonchev–Trinajstić information content (AvgIpc) is 3.57. The van der Waals surface area contributed by atoms with E-state index in [0.29, 0.717) is 32.1 Å². The Morgan fingerprint density at radius 1 is 0.838 bits per heavy atom. The molecule has 7 N–H and O–H groups in total. The Morgan fingerprint density at radius 2 is 1.50 bits per heavy atom. The number of aromatic nitrogens is 2. The minimum absolute atomic E-state index is 0.0164. The summed E-state index contributed by atoms with van der Waals surface area (Å²) in [7, 11) is -10.9. The molecule has 1 aliphatic rings. The Kier molecular flexibility index (Phi) is 31.2. The first-order chi connectivity index (χ1) is 32.5. The van der Waals surface area contributed by atoms with Crippen LogP contribution in [0.15, 0.2) is 65.7 Å². The number of nitrogens with two attached hydrogens (primary N) is 1. The van der Waals surface area contributed by atoms with E-state index in [2.05, 4.69) is 36.1 Å². The topological polar surface area (TPSA) is 286 Å². The summed E-state index contributed by atoms with van der Waals surface area (Å²) in [5, 5.41) is 31.0. The largest absolute Gasteiger partial charge is 0.481 e. The van der Waals surface area contributed by atoms with E-state index in [0.717, 1.165) is 55.2 Å². The normalized spacial score (nSPS) is 20.8. The van der Waals surface area contributed by atoms with Crippen molar-refractivity contribution in [2.45, 2.75) is 186 Å². The van der Waals surface area contributed by atoms with E-state index < -0.39 is 89.8 Å². The van der Waals surface area contributed by atoms with Gasteiger partial charge in [0, 0.05) is 19.0 Å². The molecule has 2 rings (SSSR count). The summed E-state index contributed by atoms with van der Waals surface area (Å²) in [6.45, 7) is 4.25. The number of phosphoric ester groups is 2. The molecule has 3 unspecified atom stereocenters. The van der Waals surface area contributed by atoms with Crippen LogP contribution >= 0.6 is 15.6 Å². The molecule has 2 heterocycles. The van der Waals surface area contributed by atoms with Crippen molar-refractivity contribution in [2.75, 3.05) is 25.6 Å². The number of carbonyl (C=O) groups is 2. The lowest BCUT2D eigenvalue weighted by molar-refractivity contribution is -0.161. The third kappa shape index (κ3) is 27.8. The lowest BCUT2D eigenvalue weighted by Crippen LogP contribution is -2.36. The number of ether oxygens (including phenoxy) is 3. The molecule has 1 aliphatic heterocycles. The van der Waals surface area contributed by atoms with Crippen LogP contribution < -0.4 is 11.4 Å². The molecule has 0 radical (unpaired) electrons. The number of aliphatic hydroxyl groups is 3. The molecule has 1 aromatic heterocycles. The van der Waals surface area contributed by atoms with Gasteiger partial charge < -0.3 is 45.1 Å². The van der Waals surface area contributed by atoms with E-state index in [9.17, 15) is 48.6 Å². The average molecular weight is 1000 g/mol. The van der Waals surface area contributed by atoms with Crippen LogP contribution in [0, 0.1) is 5.92 Å². The van der Waals surface area contributed by atoms with E-state index in [1.165, 1.54) is 51.0 Å². The molecule has 0 aliphatic carbocycles. The van der Waals surface area contributed by atoms with E-state index in [4.69, 9.17) is 29.0 Å². The Balaban J connectivity index is 1.86. The number of nitrogen functional groups attached to an aromatic ring is 1. The predicted octanol–water partition coefficient (Wildman–Crippen LogP) is 8.21. The third-order valence-electron chi connectivity index (χ3n) is 11.0. The molecule has 0 saturated carbocycles. The molecule has 388 valence electrons. The molecule has 1 fully saturated rings. The number of rotatable bonds is 38. The van der Waals surface area contributed by atoms with Crippen LogP contribution in [-0.4, -0.2) is 96.9 Å². The zero-order valence-electron chi connectivity index (χ0n) is 40.2. The molecule has 1 aromatic rings. The van der Waals surface area contributed by atoms with Crippen LogP contribution in [0.25, 0.3) is 0 Å². The van der Waals surface area contributed by atoms with E-state index in [1.807, 2.05) is 36.5 Å². The fourth-order valence-electron chi connectivity index (χ4n) is 6.83. The van der Waals surface area contributed by atoms with Crippen molar-refractivity contribution in [2.24, 2.45) is 5.92 Å². The lowest BCUT2D eigenvalue weighted by Gasteiger charge is -2.21. The number of carbonyl (C=O) groups excluding carboxylic acids is 2. The highest BCUT2D eigenvalue weighted by Crippen LogP contribution is 2.60. The molecule has 68 heavy (non-hydrogen) atoms. The molecule has 1 saturated heterocycles. The molecular weight excluding hydrogens is 924 g/mol. The Labute approximate surface area is 402 Å². The van der Waals surface area contributed by atoms with Gasteiger partial charge in [-0.2, -0.15) is 9.29 Å². The Morgan fingerprint density at radius 3 is 2.21 bits per heavy atom. The minimum Gasteiger partial charge on any atom is -0.462 e. The van der Waals surface area contributed by atoms with Gasteiger partial charge in [0.2, 0.25) is 0 Å². The van der Waals surface area contributed by atoms with Gasteiger partial charge in [-0.25, -0.2) is 13.9 Å². The minimum atomic E-state index is -5.44. The summed E-state index contributed by atoms with van der Waals surface area (Å²) in [5.41, 5.74) is 4.57. The highest BCUT2D eigenvalue weighted by molar-refractivity contribution is 7.61. The van der Waals surface area contributed by atoms with E-state index >= 15 is 0 Å². The van der Waals surface area contributed by atoms with Gasteiger partial charge in [-0.05, 0) is 56.9 Å². The molecule has 21 heteroatoms. The maximum Gasteiger partial charge on any atom is 0.481 e. The second-order valence-electron chi connectivity index (χ2n) is 17.1. The first-order valence-corrected chi connectivity index (χ1v) is 27.1. The van der Waals surface area contributed by atoms with Crippen molar-refractivity contribution in [1.29, 1.82) is 0 Å². The van der Waals surface area contributed by atoms with Crippen molar-refractivity contribution in [1.82, 2.24) is 9.55 Å². The highest BCUT2D eigenvalue weighted by atomic mass is 31.3. The monoisotopic (exact) mass is 1000 g/mol. The second-order valence-corrected chi connectivity index (χ2v) is 20.1. The van der Waals surface area contributed by atoms with Crippen LogP contribution in [-0.2, 0) is 46.3 Å². The summed E-state index contributed by atoms with van der Waals surface area (Å²) in [5.74, 6) is -0.661. The standard InChI is InChI=1S/C47H79N3O16P2/c1-4-6-7-8-12-18-23-28-38(51)29-24-19-14-11-16-20-25-30-42(52)61-34-39(64-43(53)31-26-21-15-10-9-13-17-22-27-37(3)5-2)35-62-67(57,58)66-68(59,60)63-36-40-44(54)45(55)46(65-40)50-33-32-41(48)49-47(50)56/h11-12,16,18-19,23-24,28,32-33,37-40,44-46,51,54-55H,4-10,13-15,17,20-22,25-27,29-31,34-36H2,1-3H3,(H,57,58)(H,59,60)(H2,48,49,56)/b16-11+,18-12-,24-19-,28-23-/t37?,38-,39-,40-,44-,45-,46-/m1/s1. The summed E-state index contributed by atoms with van der Waals surface area (Å²) in [4.78, 5) is 61.7. The first-order valence-electron chi connectivity index (χ1n) is 24.2. The van der Waals surface area contributed by atoms with Gasteiger partial charge in [-0.3, -0.25) is 23.2 Å². The second kappa shape index (κ2) is 34.9. The maximum absolute atomic E-state index is 12.8. The fourth-order valence-corrected chi connectivity index (χ4v) is 8.94. The van der Waals surface area contributed by atoms with Crippen molar-refractivity contribution in [3.63, 3.8) is 0 Å². The van der Waals surface area contributed by atoms with Gasteiger partial charge in [0.05, 0.1) is 19.3 Å². The molecule has 19 nitrogen and oxygen atoms in total. The van der Waals surface area contributed by atoms with Crippen molar-refractivity contribution in [3.8, 4) is 0 Å². The van der Waals surface area contributed by atoms with Crippen molar-refractivity contribution >= 4 is 33.4 Å². The number of phosphoric acid groups is 2. The van der Waals surface area contributed by atoms with Crippen molar-refractivity contribution in [3.05, 3.63) is 71.4 Å². The number of aliphatic hydroxyl groups excluding tert-OH is 3. The van der Waals surface area contributed by atoms with Crippen molar-refractivity contribution < 1.29 is 71.4 Å². The fraction of sp³-hybridized carbons (Fsp3) is 0.702. The Bertz CT molecular complexity index is 1860. The smallest absolute Gasteiger partial charge is 0.462 e. The Hall–Kier alpha value is -3.32. The summed E-state index contributed by atoms with van der Waals surface area (Å²) in [6, 6.07) is 1.24. The van der Waals surface area contributed by atoms with Crippen LogP contribution in [0.3, 0.4) is 0 Å². The van der Waals surface area contributed by atoms with Crippen LogP contribution in [0.2, 0.25) is 0 Å². The zero-order valence-corrected chi connectivity index (χ0v) is 42.0. The predicted molar refractivity (Wildman–Crippen MR) is 258 cm³/mol. The van der Waals surface area contributed by atoms with Crippen LogP contribution in [0.5, 0.6) is 0 Å².